The third-order valence-corrected chi connectivity index (χ3v) is 6.14. The van der Waals surface area contributed by atoms with Gasteiger partial charge in [-0.15, -0.1) is 0 Å². The Morgan fingerprint density at radius 2 is 2.14 bits per heavy atom. The highest BCUT2D eigenvalue weighted by atomic mass is 32.2. The largest absolute Gasteiger partial charge is 0.497 e. The molecule has 2 atom stereocenters. The lowest BCUT2D eigenvalue weighted by molar-refractivity contribution is -0.115. The average molecular weight is 412 g/mol. The van der Waals surface area contributed by atoms with Crippen LogP contribution in [0.25, 0.3) is 0 Å². The second-order valence-corrected chi connectivity index (χ2v) is 8.55. The fraction of sp³-hybridized carbons (Fsp3) is 0.409. The van der Waals surface area contributed by atoms with Crippen LogP contribution in [0.5, 0.6) is 11.5 Å². The van der Waals surface area contributed by atoms with Gasteiger partial charge in [-0.1, -0.05) is 18.7 Å². The van der Waals surface area contributed by atoms with Crippen LogP contribution in [0.15, 0.2) is 29.3 Å². The van der Waals surface area contributed by atoms with Crippen LogP contribution >= 0.6 is 11.8 Å². The molecule has 152 valence electrons. The van der Waals surface area contributed by atoms with Crippen LogP contribution in [0.3, 0.4) is 0 Å². The summed E-state index contributed by atoms with van der Waals surface area (Å²) in [5, 5.41) is 12.6. The summed E-state index contributed by atoms with van der Waals surface area (Å²) >= 11 is 1.30. The number of carbonyl (C=O) groups is 1. The van der Waals surface area contributed by atoms with E-state index in [0.717, 1.165) is 30.5 Å². The number of hydrogen-bond acceptors (Lipinski definition) is 6. The number of anilines is 1. The van der Waals surface area contributed by atoms with Gasteiger partial charge in [0.15, 0.2) is 0 Å². The zero-order chi connectivity index (χ0) is 21.0. The number of nitrogens with one attached hydrogen (secondary N) is 1. The molecule has 0 fully saturated rings. The Morgan fingerprint density at radius 1 is 1.34 bits per heavy atom. The van der Waals surface area contributed by atoms with Gasteiger partial charge in [0.05, 0.1) is 30.7 Å². The lowest BCUT2D eigenvalue weighted by Crippen LogP contribution is -2.23. The number of rotatable bonds is 6. The van der Waals surface area contributed by atoms with E-state index in [-0.39, 0.29) is 5.91 Å². The van der Waals surface area contributed by atoms with Crippen molar-refractivity contribution in [3.05, 3.63) is 41.1 Å². The van der Waals surface area contributed by atoms with Crippen LogP contribution in [0.4, 0.5) is 5.69 Å². The van der Waals surface area contributed by atoms with Crippen LogP contribution in [-0.4, -0.2) is 30.4 Å². The summed E-state index contributed by atoms with van der Waals surface area (Å²) in [7, 11) is 3.12. The fourth-order valence-electron chi connectivity index (χ4n) is 3.36. The smallest absolute Gasteiger partial charge is 0.237 e. The predicted octanol–water partition coefficient (Wildman–Crippen LogP) is 4.21. The number of nitriles is 1. The quantitative estimate of drug-likeness (QED) is 0.717. The molecule has 1 heterocycles. The molecule has 0 radical (unpaired) electrons. The molecule has 0 aliphatic heterocycles. The maximum absolute atomic E-state index is 12.8. The molecule has 1 amide bonds. The van der Waals surface area contributed by atoms with Crippen molar-refractivity contribution >= 4 is 23.4 Å². The Labute approximate surface area is 175 Å². The van der Waals surface area contributed by atoms with Crippen molar-refractivity contribution in [2.75, 3.05) is 19.5 Å². The molecule has 1 aliphatic rings. The molecule has 6 nitrogen and oxygen atoms in total. The van der Waals surface area contributed by atoms with E-state index >= 15 is 0 Å². The molecule has 0 saturated heterocycles. The summed E-state index contributed by atoms with van der Waals surface area (Å²) in [4.78, 5) is 17.5. The first kappa shape index (κ1) is 21.0. The van der Waals surface area contributed by atoms with Gasteiger partial charge in [-0.25, -0.2) is 4.98 Å². The number of amides is 1. The van der Waals surface area contributed by atoms with E-state index in [0.29, 0.717) is 33.7 Å². The van der Waals surface area contributed by atoms with E-state index in [2.05, 4.69) is 18.3 Å². The second kappa shape index (κ2) is 9.19. The summed E-state index contributed by atoms with van der Waals surface area (Å²) in [5.74, 6) is 1.59. The van der Waals surface area contributed by atoms with E-state index in [1.54, 1.807) is 39.3 Å². The van der Waals surface area contributed by atoms with Crippen LogP contribution < -0.4 is 14.8 Å². The van der Waals surface area contributed by atoms with Crippen LogP contribution in [0.2, 0.25) is 0 Å². The normalized spacial score (nSPS) is 16.3. The molecule has 0 bridgehead atoms. The van der Waals surface area contributed by atoms with Crippen molar-refractivity contribution in [1.29, 1.82) is 5.26 Å². The first-order valence-electron chi connectivity index (χ1n) is 9.57. The van der Waals surface area contributed by atoms with E-state index in [9.17, 15) is 10.1 Å². The van der Waals surface area contributed by atoms with Crippen molar-refractivity contribution in [2.24, 2.45) is 5.92 Å². The molecule has 1 aliphatic carbocycles. The van der Waals surface area contributed by atoms with Crippen molar-refractivity contribution in [1.82, 2.24) is 4.98 Å². The second-order valence-electron chi connectivity index (χ2n) is 7.22. The minimum atomic E-state index is -0.439. The number of benzene rings is 1. The summed E-state index contributed by atoms with van der Waals surface area (Å²) in [5.41, 5.74) is 3.27. The molecular formula is C22H25N3O3S. The maximum atomic E-state index is 12.8. The third kappa shape index (κ3) is 4.83. The molecule has 1 aromatic carbocycles. The molecule has 1 N–H and O–H groups in total. The molecule has 1 aromatic heterocycles. The minimum Gasteiger partial charge on any atom is -0.497 e. The Bertz CT molecular complexity index is 955. The van der Waals surface area contributed by atoms with E-state index in [1.807, 2.05) is 6.07 Å². The van der Waals surface area contributed by atoms with Crippen LogP contribution in [0.1, 0.15) is 37.1 Å². The van der Waals surface area contributed by atoms with Gasteiger partial charge in [-0.2, -0.15) is 5.26 Å². The summed E-state index contributed by atoms with van der Waals surface area (Å²) in [6, 6.07) is 9.40. The number of fused-ring (bicyclic) bond motifs is 1. The number of methoxy groups -OCH3 is 2. The Kier molecular flexibility index (Phi) is 6.65. The zero-order valence-corrected chi connectivity index (χ0v) is 17.9. The number of aromatic nitrogens is 1. The predicted molar refractivity (Wildman–Crippen MR) is 114 cm³/mol. The fourth-order valence-corrected chi connectivity index (χ4v) is 4.26. The molecule has 7 heteroatoms. The number of carbonyl (C=O) groups excluding carboxylic acids is 1. The summed E-state index contributed by atoms with van der Waals surface area (Å²) in [6.45, 7) is 4.02. The topological polar surface area (TPSA) is 84.2 Å². The number of nitrogens with zero attached hydrogens (tertiary/aromatic N) is 2. The van der Waals surface area contributed by atoms with Crippen molar-refractivity contribution in [2.45, 2.75) is 43.4 Å². The lowest BCUT2D eigenvalue weighted by Gasteiger charge is -2.22. The van der Waals surface area contributed by atoms with Gasteiger partial charge >= 0.3 is 0 Å². The standard InChI is InChI=1S/C22H25N3O3S/c1-13-5-7-18-15(9-13)10-16(12-23)22(25-18)29-14(2)21(26)24-19-11-17(27-3)6-8-20(19)28-4/h6,8,10-11,13-14H,5,7,9H2,1-4H3,(H,24,26). The van der Waals surface area contributed by atoms with Gasteiger partial charge in [0.2, 0.25) is 5.91 Å². The highest BCUT2D eigenvalue weighted by Crippen LogP contribution is 2.33. The monoisotopic (exact) mass is 411 g/mol. The van der Waals surface area contributed by atoms with Crippen LogP contribution in [-0.2, 0) is 17.6 Å². The summed E-state index contributed by atoms with van der Waals surface area (Å²) < 4.78 is 10.5. The first-order valence-corrected chi connectivity index (χ1v) is 10.5. The van der Waals surface area contributed by atoms with Gasteiger partial charge in [-0.05, 0) is 55.9 Å². The molecule has 3 rings (SSSR count). The van der Waals surface area contributed by atoms with Crippen molar-refractivity contribution in [3.8, 4) is 17.6 Å². The molecule has 29 heavy (non-hydrogen) atoms. The Hall–Kier alpha value is -2.72. The SMILES string of the molecule is COc1ccc(OC)c(NC(=O)C(C)Sc2nc3c(cc2C#N)CC(C)CC3)c1. The third-order valence-electron chi connectivity index (χ3n) is 5.04. The highest BCUT2D eigenvalue weighted by Gasteiger charge is 2.23. The first-order chi connectivity index (χ1) is 13.9. The van der Waals surface area contributed by atoms with Gasteiger partial charge in [0.25, 0.3) is 0 Å². The minimum absolute atomic E-state index is 0.196. The highest BCUT2D eigenvalue weighted by molar-refractivity contribution is 8.00. The average Bonchev–Trinajstić information content (AvgIpc) is 2.73. The van der Waals surface area contributed by atoms with Gasteiger partial charge in [0.1, 0.15) is 22.6 Å². The molecule has 0 saturated carbocycles. The van der Waals surface area contributed by atoms with E-state index in [4.69, 9.17) is 14.5 Å². The number of aryl methyl sites for hydroxylation is 1. The van der Waals surface area contributed by atoms with Gasteiger partial charge in [0, 0.05) is 11.8 Å². The molecule has 2 unspecified atom stereocenters. The molecular weight excluding hydrogens is 386 g/mol. The maximum Gasteiger partial charge on any atom is 0.237 e. The number of ether oxygens (including phenoxy) is 2. The Morgan fingerprint density at radius 3 is 2.83 bits per heavy atom. The van der Waals surface area contributed by atoms with E-state index < -0.39 is 5.25 Å². The molecule has 2 aromatic rings. The van der Waals surface area contributed by atoms with E-state index in [1.165, 1.54) is 11.8 Å². The Balaban J connectivity index is 1.77. The van der Waals surface area contributed by atoms with Crippen molar-refractivity contribution < 1.29 is 14.3 Å². The number of pyridine rings is 1. The lowest BCUT2D eigenvalue weighted by atomic mass is 9.87. The van der Waals surface area contributed by atoms with Gasteiger partial charge < -0.3 is 14.8 Å². The summed E-state index contributed by atoms with van der Waals surface area (Å²) in [6.07, 6.45) is 2.96. The van der Waals surface area contributed by atoms with Crippen LogP contribution in [0, 0.1) is 17.2 Å². The van der Waals surface area contributed by atoms with Gasteiger partial charge in [-0.3, -0.25) is 4.79 Å². The zero-order valence-electron chi connectivity index (χ0n) is 17.1. The molecule has 0 spiro atoms. The number of thioether (sulfide) groups is 1. The van der Waals surface area contributed by atoms with Crippen molar-refractivity contribution in [3.63, 3.8) is 0 Å². The number of hydrogen-bond donors (Lipinski definition) is 1.